The van der Waals surface area contributed by atoms with Crippen molar-refractivity contribution >= 4 is 35.8 Å². The number of nitrogens with zero attached hydrogens (tertiary/aromatic N) is 4. The molecule has 0 unspecified atom stereocenters. The molecule has 2 aromatic rings. The van der Waals surface area contributed by atoms with E-state index in [2.05, 4.69) is 74.7 Å². The Hall–Kier alpha value is -2.13. The van der Waals surface area contributed by atoms with E-state index in [1.165, 1.54) is 16.7 Å². The number of likely N-dealkylation sites (tertiary alicyclic amines) is 1. The summed E-state index contributed by atoms with van der Waals surface area (Å²) in [5.41, 5.74) is 3.79. The molecule has 0 bridgehead atoms. The zero-order valence-electron chi connectivity index (χ0n) is 18.9. The van der Waals surface area contributed by atoms with Crippen LogP contribution in [0.5, 0.6) is 0 Å². The highest BCUT2D eigenvalue weighted by Crippen LogP contribution is 2.15. The topological polar surface area (TPSA) is 51.2 Å². The average molecular weight is 547 g/mol. The standard InChI is InChI=1S/C25H33N5O.HI/c1-26-25(29-16-14-28(15-17-29)19-22-6-3-2-4-7-22)27-18-21-9-11-23(12-10-21)20-30-13-5-8-24(30)31;/h2-4,6-7,9-12H,5,8,13-20H2,1H3,(H,26,27);1H. The van der Waals surface area contributed by atoms with Gasteiger partial charge in [0.05, 0.1) is 0 Å². The van der Waals surface area contributed by atoms with Crippen LogP contribution in [-0.4, -0.2) is 66.3 Å². The van der Waals surface area contributed by atoms with Gasteiger partial charge in [-0.2, -0.15) is 0 Å². The molecule has 1 N–H and O–H groups in total. The molecule has 2 aliphatic rings. The van der Waals surface area contributed by atoms with Gasteiger partial charge in [0.25, 0.3) is 0 Å². The summed E-state index contributed by atoms with van der Waals surface area (Å²) in [5.74, 6) is 1.24. The number of rotatable bonds is 6. The smallest absolute Gasteiger partial charge is 0.222 e. The maximum Gasteiger partial charge on any atom is 0.222 e. The lowest BCUT2D eigenvalue weighted by Crippen LogP contribution is -2.52. The number of amides is 1. The lowest BCUT2D eigenvalue weighted by atomic mass is 10.1. The molecular weight excluding hydrogens is 513 g/mol. The molecule has 1 amide bonds. The summed E-state index contributed by atoms with van der Waals surface area (Å²) in [7, 11) is 1.86. The maximum absolute atomic E-state index is 11.8. The molecule has 2 saturated heterocycles. The van der Waals surface area contributed by atoms with Crippen molar-refractivity contribution in [3.63, 3.8) is 0 Å². The highest BCUT2D eigenvalue weighted by molar-refractivity contribution is 14.0. The second-order valence-corrected chi connectivity index (χ2v) is 8.38. The summed E-state index contributed by atoms with van der Waals surface area (Å²) in [5, 5.41) is 3.51. The highest BCUT2D eigenvalue weighted by Gasteiger charge is 2.21. The Kier molecular flexibility index (Phi) is 9.35. The molecule has 0 aromatic heterocycles. The summed E-state index contributed by atoms with van der Waals surface area (Å²) in [6.07, 6.45) is 1.68. The summed E-state index contributed by atoms with van der Waals surface area (Å²) >= 11 is 0. The van der Waals surface area contributed by atoms with Gasteiger partial charge in [0, 0.05) is 65.8 Å². The van der Waals surface area contributed by atoms with Crippen molar-refractivity contribution in [2.45, 2.75) is 32.5 Å². The first-order chi connectivity index (χ1) is 15.2. The lowest BCUT2D eigenvalue weighted by molar-refractivity contribution is -0.128. The molecule has 0 aliphatic carbocycles. The minimum atomic E-state index is 0. The fourth-order valence-corrected chi connectivity index (χ4v) is 4.33. The van der Waals surface area contributed by atoms with Crippen LogP contribution in [0.3, 0.4) is 0 Å². The van der Waals surface area contributed by atoms with E-state index in [0.29, 0.717) is 6.42 Å². The molecule has 0 atom stereocenters. The second-order valence-electron chi connectivity index (χ2n) is 8.38. The highest BCUT2D eigenvalue weighted by atomic mass is 127. The molecule has 32 heavy (non-hydrogen) atoms. The van der Waals surface area contributed by atoms with Crippen LogP contribution in [0.4, 0.5) is 0 Å². The van der Waals surface area contributed by atoms with E-state index in [0.717, 1.165) is 64.7 Å². The van der Waals surface area contributed by atoms with Crippen molar-refractivity contribution in [3.8, 4) is 0 Å². The van der Waals surface area contributed by atoms with Crippen LogP contribution in [0.25, 0.3) is 0 Å². The maximum atomic E-state index is 11.8. The number of carbonyl (C=O) groups is 1. The zero-order valence-corrected chi connectivity index (χ0v) is 21.2. The van der Waals surface area contributed by atoms with Crippen molar-refractivity contribution in [2.24, 2.45) is 4.99 Å². The lowest BCUT2D eigenvalue weighted by Gasteiger charge is -2.36. The predicted molar refractivity (Wildman–Crippen MR) is 140 cm³/mol. The molecule has 2 heterocycles. The van der Waals surface area contributed by atoms with Crippen LogP contribution in [-0.2, 0) is 24.4 Å². The van der Waals surface area contributed by atoms with Crippen LogP contribution >= 0.6 is 24.0 Å². The monoisotopic (exact) mass is 547 g/mol. The van der Waals surface area contributed by atoms with E-state index in [4.69, 9.17) is 0 Å². The van der Waals surface area contributed by atoms with Gasteiger partial charge in [-0.3, -0.25) is 14.7 Å². The molecule has 7 heteroatoms. The number of halogens is 1. The van der Waals surface area contributed by atoms with Crippen molar-refractivity contribution in [2.75, 3.05) is 39.8 Å². The number of benzene rings is 2. The largest absolute Gasteiger partial charge is 0.352 e. The van der Waals surface area contributed by atoms with Gasteiger partial charge in [-0.1, -0.05) is 54.6 Å². The third kappa shape index (κ3) is 6.68. The normalized spacial score (nSPS) is 17.4. The summed E-state index contributed by atoms with van der Waals surface area (Å²) in [6.45, 7) is 7.41. The number of carbonyl (C=O) groups excluding carboxylic acids is 1. The fourth-order valence-electron chi connectivity index (χ4n) is 4.33. The molecule has 6 nitrogen and oxygen atoms in total. The van der Waals surface area contributed by atoms with Crippen molar-refractivity contribution in [1.82, 2.24) is 20.0 Å². The Bertz CT molecular complexity index is 879. The molecular formula is C25H34IN5O. The molecule has 2 aromatic carbocycles. The Balaban J connectivity index is 0.00000289. The third-order valence-corrected chi connectivity index (χ3v) is 6.15. The van der Waals surface area contributed by atoms with Crippen LogP contribution in [0, 0.1) is 0 Å². The Morgan fingerprint density at radius 1 is 0.875 bits per heavy atom. The van der Waals surface area contributed by atoms with Gasteiger partial charge >= 0.3 is 0 Å². The van der Waals surface area contributed by atoms with Gasteiger partial charge in [0.1, 0.15) is 0 Å². The first-order valence-electron chi connectivity index (χ1n) is 11.3. The van der Waals surface area contributed by atoms with Gasteiger partial charge in [-0.05, 0) is 23.1 Å². The van der Waals surface area contributed by atoms with E-state index in [1.54, 1.807) is 0 Å². The molecule has 0 spiro atoms. The van der Waals surface area contributed by atoms with Gasteiger partial charge in [0.15, 0.2) is 5.96 Å². The van der Waals surface area contributed by atoms with E-state index in [9.17, 15) is 4.79 Å². The van der Waals surface area contributed by atoms with E-state index < -0.39 is 0 Å². The van der Waals surface area contributed by atoms with E-state index >= 15 is 0 Å². The van der Waals surface area contributed by atoms with E-state index in [1.807, 2.05) is 11.9 Å². The minimum absolute atomic E-state index is 0. The first-order valence-corrected chi connectivity index (χ1v) is 11.3. The second kappa shape index (κ2) is 12.2. The van der Waals surface area contributed by atoms with Crippen LogP contribution < -0.4 is 5.32 Å². The summed E-state index contributed by atoms with van der Waals surface area (Å²) in [6, 6.07) is 19.2. The average Bonchev–Trinajstić information content (AvgIpc) is 3.21. The molecule has 2 fully saturated rings. The SMILES string of the molecule is CN=C(NCc1ccc(CN2CCCC2=O)cc1)N1CCN(Cc2ccccc2)CC1.I. The summed E-state index contributed by atoms with van der Waals surface area (Å²) < 4.78 is 0. The number of nitrogens with one attached hydrogen (secondary N) is 1. The Morgan fingerprint density at radius 3 is 2.16 bits per heavy atom. The van der Waals surface area contributed by atoms with Crippen LogP contribution in [0.2, 0.25) is 0 Å². The third-order valence-electron chi connectivity index (χ3n) is 6.15. The van der Waals surface area contributed by atoms with Gasteiger partial charge in [-0.15, -0.1) is 24.0 Å². The number of hydrogen-bond acceptors (Lipinski definition) is 3. The van der Waals surface area contributed by atoms with Crippen LogP contribution in [0.1, 0.15) is 29.5 Å². The quantitative estimate of drug-likeness (QED) is 0.343. The molecule has 172 valence electrons. The van der Waals surface area contributed by atoms with Crippen molar-refractivity contribution in [3.05, 3.63) is 71.3 Å². The number of guanidine groups is 1. The van der Waals surface area contributed by atoms with Crippen molar-refractivity contribution < 1.29 is 4.79 Å². The summed E-state index contributed by atoms with van der Waals surface area (Å²) in [4.78, 5) is 23.1. The Labute approximate surface area is 208 Å². The minimum Gasteiger partial charge on any atom is -0.352 e. The van der Waals surface area contributed by atoms with Gasteiger partial charge in [0.2, 0.25) is 5.91 Å². The Morgan fingerprint density at radius 2 is 1.53 bits per heavy atom. The number of aliphatic imine (C=N–C) groups is 1. The van der Waals surface area contributed by atoms with E-state index in [-0.39, 0.29) is 29.9 Å². The van der Waals surface area contributed by atoms with Crippen molar-refractivity contribution in [1.29, 1.82) is 0 Å². The van der Waals surface area contributed by atoms with Gasteiger partial charge in [-0.25, -0.2) is 0 Å². The molecule has 2 aliphatic heterocycles. The number of piperazine rings is 1. The molecule has 0 saturated carbocycles. The van der Waals surface area contributed by atoms with Crippen LogP contribution in [0.15, 0.2) is 59.6 Å². The first kappa shape index (κ1) is 24.5. The fraction of sp³-hybridized carbons (Fsp3) is 0.440. The zero-order chi connectivity index (χ0) is 21.5. The molecule has 4 rings (SSSR count). The molecule has 0 radical (unpaired) electrons. The predicted octanol–water partition coefficient (Wildman–Crippen LogP) is 3.32. The number of hydrogen-bond donors (Lipinski definition) is 1. The van der Waals surface area contributed by atoms with Gasteiger partial charge < -0.3 is 15.1 Å².